The zero-order valence-corrected chi connectivity index (χ0v) is 8.60. The molecule has 1 saturated carbocycles. The van der Waals surface area contributed by atoms with Gasteiger partial charge in [-0.1, -0.05) is 19.3 Å². The maximum absolute atomic E-state index is 10.9. The van der Waals surface area contributed by atoms with E-state index in [0.717, 1.165) is 5.57 Å². The Morgan fingerprint density at radius 2 is 1.85 bits per heavy atom. The van der Waals surface area contributed by atoms with Crippen molar-refractivity contribution in [2.75, 3.05) is 0 Å². The molecule has 0 aromatic carbocycles. The average Bonchev–Trinajstić information content (AvgIpc) is 2.15. The minimum atomic E-state index is 0.156. The molecule has 0 aromatic heterocycles. The molecule has 0 amide bonds. The van der Waals surface area contributed by atoms with Crippen LogP contribution >= 0.6 is 0 Å². The molecule has 0 heterocycles. The third-order valence-electron chi connectivity index (χ3n) is 2.70. The van der Waals surface area contributed by atoms with Crippen molar-refractivity contribution in [2.45, 2.75) is 52.0 Å². The van der Waals surface area contributed by atoms with Gasteiger partial charge in [0.25, 0.3) is 0 Å². The molecule has 1 rings (SSSR count). The molecule has 0 unspecified atom stereocenters. The molecule has 1 N–H and O–H groups in total. The monoisotopic (exact) mass is 181 g/mol. The van der Waals surface area contributed by atoms with E-state index in [1.807, 2.05) is 13.1 Å². The van der Waals surface area contributed by atoms with Crippen molar-refractivity contribution >= 4 is 5.78 Å². The number of hydrogen-bond donors (Lipinski definition) is 1. The Balaban J connectivity index is 2.31. The van der Waals surface area contributed by atoms with E-state index < -0.39 is 0 Å². The van der Waals surface area contributed by atoms with Crippen LogP contribution in [0.25, 0.3) is 0 Å². The zero-order valence-electron chi connectivity index (χ0n) is 8.60. The predicted octanol–water partition coefficient (Wildman–Crippen LogP) is 2.40. The van der Waals surface area contributed by atoms with Gasteiger partial charge in [-0.25, -0.2) is 0 Å². The molecule has 0 spiro atoms. The fraction of sp³-hybridized carbons (Fsp3) is 0.727. The Morgan fingerprint density at radius 3 is 2.38 bits per heavy atom. The van der Waals surface area contributed by atoms with E-state index >= 15 is 0 Å². The number of hydrogen-bond acceptors (Lipinski definition) is 2. The highest BCUT2D eigenvalue weighted by Gasteiger charge is 2.11. The summed E-state index contributed by atoms with van der Waals surface area (Å²) in [7, 11) is 0. The highest BCUT2D eigenvalue weighted by atomic mass is 16.1. The second-order valence-electron chi connectivity index (χ2n) is 3.89. The van der Waals surface area contributed by atoms with E-state index in [4.69, 9.17) is 0 Å². The molecule has 0 aromatic rings. The van der Waals surface area contributed by atoms with Gasteiger partial charge < -0.3 is 5.32 Å². The van der Waals surface area contributed by atoms with Crippen LogP contribution in [0.2, 0.25) is 0 Å². The van der Waals surface area contributed by atoms with Crippen molar-refractivity contribution in [3.8, 4) is 0 Å². The van der Waals surface area contributed by atoms with Crippen LogP contribution in [-0.2, 0) is 4.79 Å². The largest absolute Gasteiger partial charge is 0.388 e. The van der Waals surface area contributed by atoms with Crippen LogP contribution < -0.4 is 5.32 Å². The van der Waals surface area contributed by atoms with E-state index in [-0.39, 0.29) is 5.78 Å². The van der Waals surface area contributed by atoms with E-state index in [0.29, 0.717) is 6.04 Å². The molecule has 1 aliphatic rings. The molecule has 2 nitrogen and oxygen atoms in total. The first kappa shape index (κ1) is 10.3. The summed E-state index contributed by atoms with van der Waals surface area (Å²) in [5, 5.41) is 3.32. The summed E-state index contributed by atoms with van der Waals surface area (Å²) in [5.41, 5.74) is 0.825. The number of rotatable bonds is 3. The summed E-state index contributed by atoms with van der Waals surface area (Å²) >= 11 is 0. The van der Waals surface area contributed by atoms with E-state index in [9.17, 15) is 4.79 Å². The van der Waals surface area contributed by atoms with Crippen LogP contribution in [0.4, 0.5) is 0 Å². The topological polar surface area (TPSA) is 29.1 Å². The Bertz CT molecular complexity index is 202. The van der Waals surface area contributed by atoms with Gasteiger partial charge >= 0.3 is 0 Å². The molecule has 2 heteroatoms. The van der Waals surface area contributed by atoms with Crippen molar-refractivity contribution in [2.24, 2.45) is 0 Å². The normalized spacial score (nSPS) is 20.0. The van der Waals surface area contributed by atoms with Gasteiger partial charge in [0.2, 0.25) is 0 Å². The third-order valence-corrected chi connectivity index (χ3v) is 2.70. The number of nitrogens with one attached hydrogen (secondary N) is 1. The summed E-state index contributed by atoms with van der Waals surface area (Å²) in [6.45, 7) is 3.46. The highest BCUT2D eigenvalue weighted by Crippen LogP contribution is 2.17. The lowest BCUT2D eigenvalue weighted by Crippen LogP contribution is -2.27. The van der Waals surface area contributed by atoms with Gasteiger partial charge in [0.1, 0.15) is 0 Å². The SMILES string of the molecule is CC(=O)/C(C)=C/NC1CCCCC1. The summed E-state index contributed by atoms with van der Waals surface area (Å²) in [5.74, 6) is 0.156. The maximum Gasteiger partial charge on any atom is 0.156 e. The van der Waals surface area contributed by atoms with Crippen LogP contribution in [0, 0.1) is 0 Å². The smallest absolute Gasteiger partial charge is 0.156 e. The van der Waals surface area contributed by atoms with Crippen molar-refractivity contribution in [1.82, 2.24) is 5.32 Å². The number of ketones is 1. The molecule has 0 bridgehead atoms. The average molecular weight is 181 g/mol. The first-order valence-corrected chi connectivity index (χ1v) is 5.14. The van der Waals surface area contributed by atoms with E-state index in [2.05, 4.69) is 5.32 Å². The molecule has 0 atom stereocenters. The summed E-state index contributed by atoms with van der Waals surface area (Å²) in [6.07, 6.45) is 8.39. The molecule has 74 valence electrons. The molecular weight excluding hydrogens is 162 g/mol. The Morgan fingerprint density at radius 1 is 1.23 bits per heavy atom. The van der Waals surface area contributed by atoms with Gasteiger partial charge in [0.05, 0.1) is 0 Å². The number of carbonyl (C=O) groups is 1. The van der Waals surface area contributed by atoms with E-state index in [1.54, 1.807) is 6.92 Å². The second-order valence-corrected chi connectivity index (χ2v) is 3.89. The first-order valence-electron chi connectivity index (χ1n) is 5.14. The summed E-state index contributed by atoms with van der Waals surface area (Å²) < 4.78 is 0. The predicted molar refractivity (Wildman–Crippen MR) is 54.4 cm³/mol. The minimum absolute atomic E-state index is 0.156. The van der Waals surface area contributed by atoms with Crippen molar-refractivity contribution in [1.29, 1.82) is 0 Å². The third kappa shape index (κ3) is 3.62. The van der Waals surface area contributed by atoms with Crippen LogP contribution in [0.3, 0.4) is 0 Å². The van der Waals surface area contributed by atoms with Gasteiger partial charge in [0.15, 0.2) is 5.78 Å². The maximum atomic E-state index is 10.9. The van der Waals surface area contributed by atoms with Crippen LogP contribution in [-0.4, -0.2) is 11.8 Å². The Hall–Kier alpha value is -0.790. The van der Waals surface area contributed by atoms with Gasteiger partial charge in [-0.3, -0.25) is 4.79 Å². The summed E-state index contributed by atoms with van der Waals surface area (Å²) in [6, 6.07) is 0.600. The zero-order chi connectivity index (χ0) is 9.68. The van der Waals surface area contributed by atoms with Gasteiger partial charge in [-0.15, -0.1) is 0 Å². The lowest BCUT2D eigenvalue weighted by molar-refractivity contribution is -0.113. The van der Waals surface area contributed by atoms with Crippen molar-refractivity contribution < 1.29 is 4.79 Å². The first-order chi connectivity index (χ1) is 6.20. The number of Topliss-reactive ketones (excluding diaryl/α,β-unsaturated/α-hetero) is 1. The van der Waals surface area contributed by atoms with Gasteiger partial charge in [-0.2, -0.15) is 0 Å². The molecule has 0 aliphatic heterocycles. The fourth-order valence-electron chi connectivity index (χ4n) is 1.61. The van der Waals surface area contributed by atoms with Crippen LogP contribution in [0.1, 0.15) is 46.0 Å². The molecular formula is C11H19NO. The Labute approximate surface area is 80.4 Å². The van der Waals surface area contributed by atoms with Gasteiger partial charge in [0, 0.05) is 17.8 Å². The fourth-order valence-corrected chi connectivity index (χ4v) is 1.61. The molecule has 0 saturated heterocycles. The molecule has 0 radical (unpaired) electrons. The Kier molecular flexibility index (Phi) is 4.00. The highest BCUT2D eigenvalue weighted by molar-refractivity contribution is 5.92. The lowest BCUT2D eigenvalue weighted by atomic mass is 9.96. The van der Waals surface area contributed by atoms with Crippen molar-refractivity contribution in [3.05, 3.63) is 11.8 Å². The quantitative estimate of drug-likeness (QED) is 0.677. The van der Waals surface area contributed by atoms with Crippen LogP contribution in [0.5, 0.6) is 0 Å². The standard InChI is InChI=1S/C11H19NO/c1-9(10(2)13)8-12-11-6-4-3-5-7-11/h8,11-12H,3-7H2,1-2H3/b9-8+. The van der Waals surface area contributed by atoms with Crippen molar-refractivity contribution in [3.63, 3.8) is 0 Å². The minimum Gasteiger partial charge on any atom is -0.388 e. The second kappa shape index (κ2) is 5.05. The van der Waals surface area contributed by atoms with E-state index in [1.165, 1.54) is 32.1 Å². The molecule has 13 heavy (non-hydrogen) atoms. The van der Waals surface area contributed by atoms with Gasteiger partial charge in [-0.05, 0) is 26.7 Å². The number of carbonyl (C=O) groups excluding carboxylic acids is 1. The summed E-state index contributed by atoms with van der Waals surface area (Å²) in [4.78, 5) is 10.9. The lowest BCUT2D eigenvalue weighted by Gasteiger charge is -2.21. The molecule has 1 fully saturated rings. The number of allylic oxidation sites excluding steroid dienone is 1. The molecule has 1 aliphatic carbocycles. The van der Waals surface area contributed by atoms with Crippen LogP contribution in [0.15, 0.2) is 11.8 Å².